The Morgan fingerprint density at radius 3 is 2.40 bits per heavy atom. The van der Waals surface area contributed by atoms with Crippen LogP contribution in [0.2, 0.25) is 10.2 Å². The van der Waals surface area contributed by atoms with Crippen LogP contribution in [0.1, 0.15) is 26.5 Å². The highest BCUT2D eigenvalue weighted by atomic mass is 35.5. The molecule has 0 aliphatic carbocycles. The Kier molecular flexibility index (Phi) is 3.87. The number of hydrogen-bond acceptors (Lipinski definition) is 3. The predicted octanol–water partition coefficient (Wildman–Crippen LogP) is 2.85. The van der Waals surface area contributed by atoms with Crippen molar-refractivity contribution in [3.8, 4) is 0 Å². The number of thiocarbonyl (C=S) groups is 1. The van der Waals surface area contributed by atoms with E-state index in [1.165, 1.54) is 0 Å². The molecule has 0 aromatic carbocycles. The van der Waals surface area contributed by atoms with Crippen LogP contribution in [0.3, 0.4) is 0 Å². The predicted molar refractivity (Wildman–Crippen MR) is 66.6 cm³/mol. The Morgan fingerprint density at radius 2 is 1.93 bits per heavy atom. The first kappa shape index (κ1) is 12.6. The lowest BCUT2D eigenvalue weighted by Gasteiger charge is -2.21. The van der Waals surface area contributed by atoms with E-state index in [4.69, 9.17) is 35.4 Å². The van der Waals surface area contributed by atoms with Crippen LogP contribution in [0.25, 0.3) is 0 Å². The fourth-order valence-electron chi connectivity index (χ4n) is 0.870. The first-order valence-electron chi connectivity index (χ1n) is 4.31. The number of aromatic nitrogens is 2. The third-order valence-electron chi connectivity index (χ3n) is 1.43. The van der Waals surface area contributed by atoms with Gasteiger partial charge in [-0.15, -0.1) is 10.2 Å². The fraction of sp³-hybridized carbons (Fsp3) is 0.444. The van der Waals surface area contributed by atoms with Gasteiger partial charge in [-0.25, -0.2) is 0 Å². The Labute approximate surface area is 104 Å². The SMILES string of the molecule is CC(C)(C)NC(=S)c1cc(Cl)c(Cl)nn1. The minimum atomic E-state index is -0.120. The van der Waals surface area contributed by atoms with Crippen LogP contribution >= 0.6 is 35.4 Å². The van der Waals surface area contributed by atoms with Gasteiger partial charge in [0, 0.05) is 5.54 Å². The van der Waals surface area contributed by atoms with Crippen LogP contribution < -0.4 is 5.32 Å². The molecule has 0 saturated heterocycles. The zero-order chi connectivity index (χ0) is 11.6. The standard InChI is InChI=1S/C9H11Cl2N3S/c1-9(2,3)12-8(15)6-4-5(10)7(11)14-13-6/h4H,1-3H3,(H,12,15). The lowest BCUT2D eigenvalue weighted by atomic mass is 10.1. The summed E-state index contributed by atoms with van der Waals surface area (Å²) in [5, 5.41) is 11.2. The number of nitrogens with one attached hydrogen (secondary N) is 1. The molecular formula is C9H11Cl2N3S. The zero-order valence-electron chi connectivity index (χ0n) is 8.64. The van der Waals surface area contributed by atoms with Crippen molar-refractivity contribution in [3.63, 3.8) is 0 Å². The van der Waals surface area contributed by atoms with Gasteiger partial charge in [-0.2, -0.15) is 0 Å². The van der Waals surface area contributed by atoms with E-state index in [1.54, 1.807) is 6.07 Å². The maximum absolute atomic E-state index is 5.81. The highest BCUT2D eigenvalue weighted by molar-refractivity contribution is 7.80. The molecule has 15 heavy (non-hydrogen) atoms. The number of nitrogens with zero attached hydrogens (tertiary/aromatic N) is 2. The summed E-state index contributed by atoms with van der Waals surface area (Å²) < 4.78 is 0. The van der Waals surface area contributed by atoms with Crippen LogP contribution in [-0.4, -0.2) is 20.7 Å². The Hall–Kier alpha value is -0.450. The average Bonchev–Trinajstić information content (AvgIpc) is 2.06. The first-order chi connectivity index (χ1) is 6.79. The molecule has 1 aromatic heterocycles. The molecule has 6 heteroatoms. The summed E-state index contributed by atoms with van der Waals surface area (Å²) in [6.07, 6.45) is 0. The van der Waals surface area contributed by atoms with Gasteiger partial charge in [0.15, 0.2) is 5.15 Å². The monoisotopic (exact) mass is 263 g/mol. The van der Waals surface area contributed by atoms with Crippen molar-refractivity contribution in [1.29, 1.82) is 0 Å². The summed E-state index contributed by atoms with van der Waals surface area (Å²) in [4.78, 5) is 0.508. The van der Waals surface area contributed by atoms with Gasteiger partial charge in [0.05, 0.1) is 5.02 Å². The molecule has 1 aromatic rings. The maximum atomic E-state index is 5.81. The Bertz CT molecular complexity index is 387. The van der Waals surface area contributed by atoms with Gasteiger partial charge in [0.25, 0.3) is 0 Å². The molecule has 1 rings (SSSR count). The van der Waals surface area contributed by atoms with Gasteiger partial charge < -0.3 is 5.32 Å². The molecule has 3 nitrogen and oxygen atoms in total. The van der Waals surface area contributed by atoms with Crippen molar-refractivity contribution in [1.82, 2.24) is 15.5 Å². The van der Waals surface area contributed by atoms with E-state index in [0.717, 1.165) is 0 Å². The van der Waals surface area contributed by atoms with Gasteiger partial charge in [-0.1, -0.05) is 35.4 Å². The van der Waals surface area contributed by atoms with E-state index in [1.807, 2.05) is 20.8 Å². The van der Waals surface area contributed by atoms with Crippen LogP contribution in [-0.2, 0) is 0 Å². The molecule has 0 spiro atoms. The number of halogens is 2. The number of hydrogen-bond donors (Lipinski definition) is 1. The van der Waals surface area contributed by atoms with Crippen LogP contribution in [0, 0.1) is 0 Å². The zero-order valence-corrected chi connectivity index (χ0v) is 11.0. The molecule has 0 atom stereocenters. The first-order valence-corrected chi connectivity index (χ1v) is 5.47. The quantitative estimate of drug-likeness (QED) is 0.791. The van der Waals surface area contributed by atoms with Gasteiger partial charge in [0.2, 0.25) is 0 Å². The number of rotatable bonds is 1. The summed E-state index contributed by atoms with van der Waals surface area (Å²) in [5.74, 6) is 0. The fourth-order valence-corrected chi connectivity index (χ4v) is 1.51. The van der Waals surface area contributed by atoms with E-state index < -0.39 is 0 Å². The van der Waals surface area contributed by atoms with E-state index in [0.29, 0.717) is 15.7 Å². The van der Waals surface area contributed by atoms with Crippen molar-refractivity contribution in [2.75, 3.05) is 0 Å². The van der Waals surface area contributed by atoms with E-state index in [2.05, 4.69) is 15.5 Å². The van der Waals surface area contributed by atoms with Gasteiger partial charge in [-0.3, -0.25) is 0 Å². The molecule has 0 amide bonds. The molecule has 0 saturated carbocycles. The van der Waals surface area contributed by atoms with Gasteiger partial charge in [-0.05, 0) is 26.8 Å². The molecule has 1 heterocycles. The summed E-state index contributed by atoms with van der Waals surface area (Å²) in [5.41, 5.74) is 0.402. The second kappa shape index (κ2) is 4.60. The van der Waals surface area contributed by atoms with Gasteiger partial charge >= 0.3 is 0 Å². The molecule has 82 valence electrons. The molecule has 0 aliphatic rings. The highest BCUT2D eigenvalue weighted by Gasteiger charge is 2.14. The smallest absolute Gasteiger partial charge is 0.170 e. The largest absolute Gasteiger partial charge is 0.370 e. The molecular weight excluding hydrogens is 253 g/mol. The summed E-state index contributed by atoms with van der Waals surface area (Å²) in [6, 6.07) is 1.60. The van der Waals surface area contributed by atoms with Crippen LogP contribution in [0.5, 0.6) is 0 Å². The highest BCUT2D eigenvalue weighted by Crippen LogP contribution is 2.18. The van der Waals surface area contributed by atoms with Crippen molar-refractivity contribution in [2.24, 2.45) is 0 Å². The van der Waals surface area contributed by atoms with Gasteiger partial charge in [0.1, 0.15) is 10.7 Å². The van der Waals surface area contributed by atoms with E-state index in [9.17, 15) is 0 Å². The minimum absolute atomic E-state index is 0.120. The molecule has 0 fully saturated rings. The summed E-state index contributed by atoms with van der Waals surface area (Å²) >= 11 is 16.6. The lowest BCUT2D eigenvalue weighted by molar-refractivity contribution is 0.515. The molecule has 1 N–H and O–H groups in total. The Balaban J connectivity index is 2.88. The third kappa shape index (κ3) is 3.89. The molecule has 0 radical (unpaired) electrons. The second-order valence-corrected chi connectivity index (χ2v) is 5.25. The molecule has 0 aliphatic heterocycles. The van der Waals surface area contributed by atoms with Crippen molar-refractivity contribution in [2.45, 2.75) is 26.3 Å². The Morgan fingerprint density at radius 1 is 1.33 bits per heavy atom. The summed E-state index contributed by atoms with van der Waals surface area (Å²) in [7, 11) is 0. The van der Waals surface area contributed by atoms with Crippen LogP contribution in [0.4, 0.5) is 0 Å². The topological polar surface area (TPSA) is 37.8 Å². The van der Waals surface area contributed by atoms with Crippen molar-refractivity contribution < 1.29 is 0 Å². The van der Waals surface area contributed by atoms with Crippen LogP contribution in [0.15, 0.2) is 6.07 Å². The maximum Gasteiger partial charge on any atom is 0.170 e. The van der Waals surface area contributed by atoms with Crippen molar-refractivity contribution >= 4 is 40.4 Å². The molecule has 0 unspecified atom stereocenters. The van der Waals surface area contributed by atoms with E-state index in [-0.39, 0.29) is 10.7 Å². The lowest BCUT2D eigenvalue weighted by Crippen LogP contribution is -2.40. The molecule has 0 bridgehead atoms. The van der Waals surface area contributed by atoms with E-state index >= 15 is 0 Å². The average molecular weight is 264 g/mol. The second-order valence-electron chi connectivity index (χ2n) is 4.07. The third-order valence-corrected chi connectivity index (χ3v) is 2.40. The minimum Gasteiger partial charge on any atom is -0.370 e. The van der Waals surface area contributed by atoms with Crippen molar-refractivity contribution in [3.05, 3.63) is 21.9 Å². The summed E-state index contributed by atoms with van der Waals surface area (Å²) in [6.45, 7) is 6.01. The normalized spacial score (nSPS) is 11.3.